The monoisotopic (exact) mass is 453 g/mol. The second-order valence-electron chi connectivity index (χ2n) is 9.53. The molecule has 0 spiro atoms. The summed E-state index contributed by atoms with van der Waals surface area (Å²) in [6.45, 7) is 2.15. The standard InChI is InChI=1S/C30H21N4O/c1-16-9-10-19-20-8-5-13-33-30(20)35-29(19)23(16)22-12-11-21-24-17-6-3-4-7-18(17)25(28(21)34(22)2)27-26(24)31-14-15-32-27/h3-15,24-25H,1-2H3/q+1. The van der Waals surface area contributed by atoms with E-state index in [1.165, 1.54) is 27.9 Å². The molecule has 166 valence electrons. The van der Waals surface area contributed by atoms with Gasteiger partial charge >= 0.3 is 0 Å². The van der Waals surface area contributed by atoms with Crippen LogP contribution in [-0.4, -0.2) is 15.0 Å². The van der Waals surface area contributed by atoms with Crippen LogP contribution in [0.25, 0.3) is 33.3 Å². The Morgan fingerprint density at radius 2 is 1.49 bits per heavy atom. The van der Waals surface area contributed by atoms with Gasteiger partial charge < -0.3 is 4.42 Å². The van der Waals surface area contributed by atoms with E-state index in [4.69, 9.17) is 14.4 Å². The van der Waals surface area contributed by atoms with Crippen molar-refractivity contribution in [1.82, 2.24) is 15.0 Å². The molecule has 5 heteroatoms. The third-order valence-corrected chi connectivity index (χ3v) is 7.83. The van der Waals surface area contributed by atoms with Crippen molar-refractivity contribution in [3.8, 4) is 11.3 Å². The molecule has 0 radical (unpaired) electrons. The van der Waals surface area contributed by atoms with Crippen molar-refractivity contribution in [2.75, 3.05) is 0 Å². The third-order valence-electron chi connectivity index (χ3n) is 7.83. The summed E-state index contributed by atoms with van der Waals surface area (Å²) in [5, 5.41) is 2.14. The lowest BCUT2D eigenvalue weighted by Gasteiger charge is -2.37. The average Bonchev–Trinajstić information content (AvgIpc) is 3.28. The predicted molar refractivity (Wildman–Crippen MR) is 133 cm³/mol. The van der Waals surface area contributed by atoms with Crippen molar-refractivity contribution in [2.45, 2.75) is 18.8 Å². The van der Waals surface area contributed by atoms with Crippen molar-refractivity contribution in [1.29, 1.82) is 0 Å². The van der Waals surface area contributed by atoms with Crippen LogP contribution in [0.5, 0.6) is 0 Å². The predicted octanol–water partition coefficient (Wildman–Crippen LogP) is 5.56. The molecule has 2 aromatic carbocycles. The number of rotatable bonds is 1. The quantitative estimate of drug-likeness (QED) is 0.306. The number of hydrogen-bond donors (Lipinski definition) is 0. The number of nitrogens with zero attached hydrogens (tertiary/aromatic N) is 4. The molecule has 3 aliphatic carbocycles. The summed E-state index contributed by atoms with van der Waals surface area (Å²) >= 11 is 0. The van der Waals surface area contributed by atoms with E-state index in [1.54, 1.807) is 6.20 Å². The minimum atomic E-state index is 0.0525. The molecule has 6 aromatic rings. The van der Waals surface area contributed by atoms with Gasteiger partial charge in [0.15, 0.2) is 11.3 Å². The van der Waals surface area contributed by atoms with Gasteiger partial charge in [0, 0.05) is 41.0 Å². The van der Waals surface area contributed by atoms with E-state index >= 15 is 0 Å². The van der Waals surface area contributed by atoms with Crippen LogP contribution in [0.3, 0.4) is 0 Å². The van der Waals surface area contributed by atoms with E-state index in [2.05, 4.69) is 78.1 Å². The molecule has 2 unspecified atom stereocenters. The Bertz CT molecular complexity index is 1800. The second kappa shape index (κ2) is 6.60. The van der Waals surface area contributed by atoms with Gasteiger partial charge in [-0.1, -0.05) is 36.4 Å². The van der Waals surface area contributed by atoms with Crippen LogP contribution in [0.1, 0.15) is 51.2 Å². The SMILES string of the molecule is Cc1ccc2c(oc3ncccc32)c1-c1ccc2c([n+]1C)C1c3ccccc3C2c2nccnc21. The average molecular weight is 454 g/mol. The van der Waals surface area contributed by atoms with Gasteiger partial charge in [-0.2, -0.15) is 4.57 Å². The van der Waals surface area contributed by atoms with Gasteiger partial charge in [0.05, 0.1) is 22.9 Å². The summed E-state index contributed by atoms with van der Waals surface area (Å²) in [6.07, 6.45) is 5.41. The fourth-order valence-corrected chi connectivity index (χ4v) is 6.36. The van der Waals surface area contributed by atoms with Crippen molar-refractivity contribution in [3.63, 3.8) is 0 Å². The Morgan fingerprint density at radius 3 is 2.31 bits per heavy atom. The lowest BCUT2D eigenvalue weighted by atomic mass is 9.65. The Kier molecular flexibility index (Phi) is 3.58. The van der Waals surface area contributed by atoms with Crippen molar-refractivity contribution in [3.05, 3.63) is 119 Å². The molecule has 9 rings (SSSR count). The van der Waals surface area contributed by atoms with Gasteiger partial charge in [-0.25, -0.2) is 4.98 Å². The zero-order chi connectivity index (χ0) is 23.3. The normalized spacial score (nSPS) is 17.4. The number of aromatic nitrogens is 4. The van der Waals surface area contributed by atoms with Crippen molar-refractivity contribution < 1.29 is 8.98 Å². The minimum absolute atomic E-state index is 0.0525. The van der Waals surface area contributed by atoms with E-state index in [1.807, 2.05) is 18.5 Å². The first-order chi connectivity index (χ1) is 17.2. The molecule has 2 bridgehead atoms. The minimum Gasteiger partial charge on any atom is -0.437 e. The fourth-order valence-electron chi connectivity index (χ4n) is 6.36. The van der Waals surface area contributed by atoms with Crippen LogP contribution in [0, 0.1) is 6.92 Å². The first-order valence-corrected chi connectivity index (χ1v) is 11.9. The first kappa shape index (κ1) is 19.0. The number of aryl methyl sites for hydroxylation is 1. The van der Waals surface area contributed by atoms with Gasteiger partial charge in [0.25, 0.3) is 0 Å². The molecule has 0 saturated heterocycles. The van der Waals surface area contributed by atoms with Crippen LogP contribution in [-0.2, 0) is 7.05 Å². The van der Waals surface area contributed by atoms with Crippen molar-refractivity contribution in [2.24, 2.45) is 7.05 Å². The molecule has 0 N–H and O–H groups in total. The fraction of sp³-hybridized carbons (Fsp3) is 0.133. The van der Waals surface area contributed by atoms with Gasteiger partial charge in [-0.15, -0.1) is 0 Å². The Labute approximate surface area is 201 Å². The molecule has 5 nitrogen and oxygen atoms in total. The number of hydrogen-bond acceptors (Lipinski definition) is 4. The molecule has 0 aliphatic heterocycles. The zero-order valence-electron chi connectivity index (χ0n) is 19.4. The molecular formula is C30H21N4O+. The maximum absolute atomic E-state index is 6.35. The molecule has 0 amide bonds. The smallest absolute Gasteiger partial charge is 0.227 e. The van der Waals surface area contributed by atoms with E-state index in [0.29, 0.717) is 5.71 Å². The van der Waals surface area contributed by atoms with E-state index in [9.17, 15) is 0 Å². The number of pyridine rings is 2. The topological polar surface area (TPSA) is 55.7 Å². The molecule has 35 heavy (non-hydrogen) atoms. The second-order valence-corrected chi connectivity index (χ2v) is 9.53. The molecule has 4 heterocycles. The maximum Gasteiger partial charge on any atom is 0.227 e. The molecule has 0 fully saturated rings. The van der Waals surface area contributed by atoms with Gasteiger partial charge in [0.2, 0.25) is 11.4 Å². The van der Waals surface area contributed by atoms with Crippen molar-refractivity contribution >= 4 is 22.1 Å². The molecule has 2 atom stereocenters. The van der Waals surface area contributed by atoms with Crippen LogP contribution >= 0.6 is 0 Å². The highest BCUT2D eigenvalue weighted by atomic mass is 16.3. The highest BCUT2D eigenvalue weighted by Gasteiger charge is 2.48. The van der Waals surface area contributed by atoms with Crippen LogP contribution in [0.4, 0.5) is 0 Å². The summed E-state index contributed by atoms with van der Waals surface area (Å²) < 4.78 is 8.70. The molecule has 4 aromatic heterocycles. The Morgan fingerprint density at radius 1 is 0.714 bits per heavy atom. The van der Waals surface area contributed by atoms with Crippen LogP contribution < -0.4 is 4.57 Å². The molecule has 0 saturated carbocycles. The van der Waals surface area contributed by atoms with E-state index < -0.39 is 0 Å². The van der Waals surface area contributed by atoms with Gasteiger partial charge in [-0.05, 0) is 41.8 Å². The highest BCUT2D eigenvalue weighted by Crippen LogP contribution is 2.53. The summed E-state index contributed by atoms with van der Waals surface area (Å²) in [7, 11) is 2.17. The number of benzene rings is 2. The molecular weight excluding hydrogens is 432 g/mol. The Balaban J connectivity index is 1.44. The van der Waals surface area contributed by atoms with Gasteiger partial charge in [-0.3, -0.25) is 9.97 Å². The van der Waals surface area contributed by atoms with Gasteiger partial charge in [0.1, 0.15) is 13.0 Å². The zero-order valence-corrected chi connectivity index (χ0v) is 19.4. The highest BCUT2D eigenvalue weighted by molar-refractivity contribution is 6.08. The Hall–Kier alpha value is -4.38. The summed E-state index contributed by atoms with van der Waals surface area (Å²) in [4.78, 5) is 14.1. The largest absolute Gasteiger partial charge is 0.437 e. The third kappa shape index (κ3) is 2.32. The summed E-state index contributed by atoms with van der Waals surface area (Å²) in [5.74, 6) is 0.152. The number of furan rings is 1. The van der Waals surface area contributed by atoms with E-state index in [0.717, 1.165) is 39.0 Å². The van der Waals surface area contributed by atoms with Crippen LogP contribution in [0.15, 0.2) is 83.7 Å². The lowest BCUT2D eigenvalue weighted by molar-refractivity contribution is -0.669. The maximum atomic E-state index is 6.35. The first-order valence-electron chi connectivity index (χ1n) is 11.9. The molecule has 3 aliphatic rings. The summed E-state index contributed by atoms with van der Waals surface area (Å²) in [6, 6.07) is 21.6. The number of fused-ring (bicyclic) bond motifs is 3. The summed E-state index contributed by atoms with van der Waals surface area (Å²) in [5.41, 5.74) is 12.4. The van der Waals surface area contributed by atoms with Crippen LogP contribution in [0.2, 0.25) is 0 Å². The van der Waals surface area contributed by atoms with E-state index in [-0.39, 0.29) is 11.8 Å². The lowest BCUT2D eigenvalue weighted by Crippen LogP contribution is -2.44.